The van der Waals surface area contributed by atoms with E-state index in [1.165, 1.54) is 66.8 Å². The summed E-state index contributed by atoms with van der Waals surface area (Å²) in [6.45, 7) is 36.7. The van der Waals surface area contributed by atoms with Crippen molar-refractivity contribution in [1.29, 1.82) is 0 Å². The maximum atomic E-state index is 7.27. The molecule has 6 heteroatoms. The van der Waals surface area contributed by atoms with E-state index in [4.69, 9.17) is 17.7 Å². The van der Waals surface area contributed by atoms with Gasteiger partial charge in [0.05, 0.1) is 0 Å². The second kappa shape index (κ2) is 12.5. The molecule has 0 radical (unpaired) electrons. The summed E-state index contributed by atoms with van der Waals surface area (Å²) in [4.78, 5) is 0. The van der Waals surface area contributed by atoms with Gasteiger partial charge in [-0.1, -0.05) is 132 Å². The van der Waals surface area contributed by atoms with Gasteiger partial charge in [0.1, 0.15) is 23.0 Å². The highest BCUT2D eigenvalue weighted by Crippen LogP contribution is 2.47. The van der Waals surface area contributed by atoms with E-state index in [1.807, 2.05) is 0 Å². The zero-order valence-electron chi connectivity index (χ0n) is 36.1. The molecule has 54 heavy (non-hydrogen) atoms. The van der Waals surface area contributed by atoms with E-state index in [9.17, 15) is 0 Å². The van der Waals surface area contributed by atoms with Crippen LogP contribution in [-0.4, -0.2) is 17.1 Å². The van der Waals surface area contributed by atoms with Crippen LogP contribution in [0.25, 0.3) is 0 Å². The van der Waals surface area contributed by atoms with Gasteiger partial charge in [-0.15, -0.1) is 0 Å². The summed E-state index contributed by atoms with van der Waals surface area (Å²) in [6.07, 6.45) is 2.84. The molecule has 5 heterocycles. The SMILES string of the molecule is CC(C)(C)c1cc2c3c(c1)Cc1cc(C(C)(C)C)cc4c1O[Si](C)(C)Oc1c(cc(C(C)(C)C)cc1Cc1cc(C(C)(C)C)cc(c1O[Si](C)(C)O3)C2)C4. The van der Waals surface area contributed by atoms with E-state index in [-0.39, 0.29) is 21.7 Å². The second-order valence-electron chi connectivity index (χ2n) is 21.4. The molecular formula is C48H64O4Si2. The molecule has 4 aromatic rings. The molecule has 0 unspecified atom stereocenters. The first kappa shape index (κ1) is 38.8. The van der Waals surface area contributed by atoms with Crippen molar-refractivity contribution >= 4 is 17.1 Å². The molecule has 4 nitrogen and oxygen atoms in total. The molecule has 1 aliphatic carbocycles. The highest BCUT2D eigenvalue weighted by Gasteiger charge is 2.40. The Labute approximate surface area is 328 Å². The van der Waals surface area contributed by atoms with Gasteiger partial charge in [-0.05, 0) is 88.4 Å². The summed E-state index contributed by atoms with van der Waals surface area (Å²) >= 11 is 0. The summed E-state index contributed by atoms with van der Waals surface area (Å²) in [5.74, 6) is 3.93. The molecule has 10 rings (SSSR count). The number of rotatable bonds is 0. The molecule has 0 atom stereocenters. The van der Waals surface area contributed by atoms with E-state index in [0.29, 0.717) is 12.8 Å². The fourth-order valence-corrected chi connectivity index (χ4v) is 11.3. The quantitative estimate of drug-likeness (QED) is 0.147. The molecule has 0 spiro atoms. The van der Waals surface area contributed by atoms with Crippen LogP contribution < -0.4 is 17.7 Å². The second-order valence-corrected chi connectivity index (χ2v) is 27.8. The van der Waals surface area contributed by atoms with Gasteiger partial charge in [0.2, 0.25) is 0 Å². The van der Waals surface area contributed by atoms with Gasteiger partial charge in [-0.2, -0.15) is 0 Å². The van der Waals surface area contributed by atoms with Gasteiger partial charge in [0.15, 0.2) is 0 Å². The average molecular weight is 761 g/mol. The van der Waals surface area contributed by atoms with Crippen molar-refractivity contribution in [3.05, 3.63) is 115 Å². The van der Waals surface area contributed by atoms with Gasteiger partial charge >= 0.3 is 17.1 Å². The Bertz CT molecular complexity index is 1860. The lowest BCUT2D eigenvalue weighted by Gasteiger charge is -2.37. The van der Waals surface area contributed by atoms with E-state index in [2.05, 4.69) is 158 Å². The molecule has 0 amide bonds. The lowest BCUT2D eigenvalue weighted by molar-refractivity contribution is 0.380. The third kappa shape index (κ3) is 7.54. The van der Waals surface area contributed by atoms with Gasteiger partial charge in [-0.3, -0.25) is 0 Å². The minimum absolute atomic E-state index is 0.0527. The third-order valence-corrected chi connectivity index (χ3v) is 14.1. The van der Waals surface area contributed by atoms with Gasteiger partial charge in [-0.25, -0.2) is 0 Å². The standard InChI is InChI=1S/C48H64O4Si2/c1-45(2,3)37-21-29-17-30-22-38(46(4,5)6)27-35-20-36-28-40(48(10,11)12)24-32-18-31-23-39(47(7,8)9)26-34(43(31)51-54(15,16)52-44(32)36)19-33(25-37)41(29)49-53(13,14)50-42(30)35/h21-28H,17-20H2,1-16H3. The summed E-state index contributed by atoms with van der Waals surface area (Å²) in [6, 6.07) is 19.3. The van der Waals surface area contributed by atoms with Crippen molar-refractivity contribution in [1.82, 2.24) is 0 Å². The first-order chi connectivity index (χ1) is 24.7. The van der Waals surface area contributed by atoms with Crippen molar-refractivity contribution < 1.29 is 17.7 Å². The summed E-state index contributed by atoms with van der Waals surface area (Å²) < 4.78 is 29.1. The molecule has 0 aromatic heterocycles. The molecule has 0 N–H and O–H groups in total. The minimum atomic E-state index is -2.78. The van der Waals surface area contributed by atoms with Crippen LogP contribution in [0.4, 0.5) is 0 Å². The number of hydrogen-bond acceptors (Lipinski definition) is 4. The Morgan fingerprint density at radius 1 is 0.315 bits per heavy atom. The Morgan fingerprint density at radius 2 is 0.463 bits per heavy atom. The monoisotopic (exact) mass is 760 g/mol. The highest BCUT2D eigenvalue weighted by atomic mass is 28.4. The van der Waals surface area contributed by atoms with Gasteiger partial charge < -0.3 is 17.7 Å². The summed E-state index contributed by atoms with van der Waals surface area (Å²) in [5.41, 5.74) is 14.8. The van der Waals surface area contributed by atoms with E-state index < -0.39 is 17.1 Å². The zero-order valence-corrected chi connectivity index (χ0v) is 38.1. The van der Waals surface area contributed by atoms with Crippen LogP contribution in [0.1, 0.15) is 150 Å². The van der Waals surface area contributed by atoms with Gasteiger partial charge in [0.25, 0.3) is 0 Å². The molecule has 0 fully saturated rings. The predicted octanol–water partition coefficient (Wildman–Crippen LogP) is 12.5. The van der Waals surface area contributed by atoms with Crippen LogP contribution in [0.5, 0.6) is 23.0 Å². The van der Waals surface area contributed by atoms with Crippen LogP contribution in [-0.2, 0) is 47.3 Å². The van der Waals surface area contributed by atoms with Crippen LogP contribution in [0.3, 0.4) is 0 Å². The number of benzene rings is 4. The lowest BCUT2D eigenvalue weighted by atomic mass is 9.79. The Hall–Kier alpha value is -3.49. The fourth-order valence-electron chi connectivity index (χ4n) is 8.17. The van der Waals surface area contributed by atoms with Crippen LogP contribution in [0, 0.1) is 0 Å². The fraction of sp³-hybridized carbons (Fsp3) is 0.500. The molecule has 288 valence electrons. The predicted molar refractivity (Wildman–Crippen MR) is 229 cm³/mol. The first-order valence-electron chi connectivity index (χ1n) is 20.1. The molecule has 5 aliphatic heterocycles. The van der Waals surface area contributed by atoms with Crippen LogP contribution >= 0.6 is 0 Å². The molecule has 0 saturated carbocycles. The molecule has 12 bridgehead atoms. The first-order valence-corrected chi connectivity index (χ1v) is 25.7. The van der Waals surface area contributed by atoms with E-state index in [0.717, 1.165) is 35.8 Å². The molecule has 4 aromatic carbocycles. The summed E-state index contributed by atoms with van der Waals surface area (Å²) in [7, 11) is -5.56. The largest absolute Gasteiger partial charge is 0.512 e. The van der Waals surface area contributed by atoms with Crippen LogP contribution in [0.15, 0.2) is 48.5 Å². The van der Waals surface area contributed by atoms with Crippen molar-refractivity contribution in [2.45, 2.75) is 157 Å². The third-order valence-electron chi connectivity index (χ3n) is 11.4. The zero-order chi connectivity index (χ0) is 39.6. The van der Waals surface area contributed by atoms with E-state index in [1.54, 1.807) is 0 Å². The highest BCUT2D eigenvalue weighted by molar-refractivity contribution is 6.66. The van der Waals surface area contributed by atoms with Gasteiger partial charge in [0, 0.05) is 51.9 Å². The van der Waals surface area contributed by atoms with Crippen molar-refractivity contribution in [3.63, 3.8) is 0 Å². The minimum Gasteiger partial charge on any atom is -0.512 e. The normalized spacial score (nSPS) is 17.5. The van der Waals surface area contributed by atoms with Crippen molar-refractivity contribution in [3.8, 4) is 23.0 Å². The smallest absolute Gasteiger partial charge is 0.454 e. The topological polar surface area (TPSA) is 36.9 Å². The maximum Gasteiger partial charge on any atom is 0.454 e. The average Bonchev–Trinajstić information content (AvgIpc) is 2.98. The van der Waals surface area contributed by atoms with Crippen LogP contribution in [0.2, 0.25) is 26.2 Å². The van der Waals surface area contributed by atoms with E-state index >= 15 is 0 Å². The van der Waals surface area contributed by atoms with Crippen molar-refractivity contribution in [2.24, 2.45) is 0 Å². The Balaban J connectivity index is 1.67. The molecule has 0 saturated heterocycles. The number of hydrogen-bond donors (Lipinski definition) is 0. The molecule has 6 aliphatic rings. The Morgan fingerprint density at radius 3 is 0.593 bits per heavy atom. The maximum absolute atomic E-state index is 7.27. The molecular weight excluding hydrogens is 697 g/mol. The van der Waals surface area contributed by atoms with Crippen molar-refractivity contribution in [2.75, 3.05) is 0 Å². The lowest BCUT2D eigenvalue weighted by Crippen LogP contribution is -2.44. The Kier molecular flexibility index (Phi) is 8.98. The summed E-state index contributed by atoms with van der Waals surface area (Å²) in [5, 5.41) is 0.